The summed E-state index contributed by atoms with van der Waals surface area (Å²) in [7, 11) is -1.58. The van der Waals surface area contributed by atoms with Gasteiger partial charge in [-0.15, -0.1) is 22.7 Å². The molecular weight excluding hydrogens is 347 g/mol. The number of fused-ring (bicyclic) bond motifs is 3. The SMILES string of the molecule is c1ccc(C[P+]2(c3ccccc3)c3ccsc3-c3sccc32)cc1. The van der Waals surface area contributed by atoms with Gasteiger partial charge >= 0.3 is 0 Å². The largest absolute Gasteiger partial charge is 0.138 e. The monoisotopic (exact) mass is 363 g/mol. The van der Waals surface area contributed by atoms with Crippen LogP contribution in [0.15, 0.2) is 83.6 Å². The molecule has 2 aromatic heterocycles. The van der Waals surface area contributed by atoms with E-state index in [-0.39, 0.29) is 0 Å². The molecule has 1 aliphatic heterocycles. The minimum absolute atomic E-state index is 1.12. The molecule has 0 spiro atoms. The fourth-order valence-electron chi connectivity index (χ4n) is 3.76. The summed E-state index contributed by atoms with van der Waals surface area (Å²) in [6.07, 6.45) is 1.12. The highest BCUT2D eigenvalue weighted by atomic mass is 32.1. The van der Waals surface area contributed by atoms with Crippen LogP contribution in [0.2, 0.25) is 0 Å². The van der Waals surface area contributed by atoms with Crippen LogP contribution in [0, 0.1) is 0 Å². The van der Waals surface area contributed by atoms with Crippen molar-refractivity contribution in [2.75, 3.05) is 0 Å². The van der Waals surface area contributed by atoms with E-state index in [0.29, 0.717) is 0 Å². The number of hydrogen-bond donors (Lipinski definition) is 0. The zero-order valence-corrected chi connectivity index (χ0v) is 15.6. The first-order valence-corrected chi connectivity index (χ1v) is 11.8. The van der Waals surface area contributed by atoms with Crippen molar-refractivity contribution in [1.82, 2.24) is 0 Å². The number of benzene rings is 2. The third-order valence-corrected chi connectivity index (χ3v) is 11.5. The van der Waals surface area contributed by atoms with Gasteiger partial charge in [0.25, 0.3) is 0 Å². The minimum atomic E-state index is -1.58. The van der Waals surface area contributed by atoms with Gasteiger partial charge in [-0.3, -0.25) is 0 Å². The van der Waals surface area contributed by atoms with Gasteiger partial charge in [0.2, 0.25) is 0 Å². The number of hydrogen-bond acceptors (Lipinski definition) is 2. The van der Waals surface area contributed by atoms with E-state index in [1.807, 2.05) is 22.7 Å². The Morgan fingerprint density at radius 1 is 0.625 bits per heavy atom. The first-order chi connectivity index (χ1) is 11.9. The molecule has 116 valence electrons. The second kappa shape index (κ2) is 5.67. The van der Waals surface area contributed by atoms with Gasteiger partial charge in [-0.2, -0.15) is 0 Å². The summed E-state index contributed by atoms with van der Waals surface area (Å²) < 4.78 is 0. The average molecular weight is 363 g/mol. The van der Waals surface area contributed by atoms with Gasteiger partial charge in [-0.05, 0) is 40.6 Å². The van der Waals surface area contributed by atoms with Crippen LogP contribution in [0.25, 0.3) is 9.75 Å². The maximum Gasteiger partial charge on any atom is 0.124 e. The molecule has 3 heterocycles. The second-order valence-corrected chi connectivity index (χ2v) is 11.3. The molecule has 0 amide bonds. The smallest absolute Gasteiger partial charge is 0.124 e. The van der Waals surface area contributed by atoms with Gasteiger partial charge in [-0.1, -0.05) is 48.5 Å². The van der Waals surface area contributed by atoms with E-state index < -0.39 is 7.26 Å². The van der Waals surface area contributed by atoms with Crippen LogP contribution in [-0.4, -0.2) is 0 Å². The van der Waals surface area contributed by atoms with Crippen molar-refractivity contribution in [3.05, 3.63) is 89.1 Å². The van der Waals surface area contributed by atoms with Crippen molar-refractivity contribution in [3.63, 3.8) is 0 Å². The standard InChI is InChI=1S/C21H16PS2/c1-3-7-16(8-4-1)15-22(17-9-5-2-6-10-17)18-11-13-23-20(18)21-19(22)12-14-24-21/h1-14H,15H2/q+1. The molecule has 1 aliphatic rings. The Balaban J connectivity index is 1.81. The lowest BCUT2D eigenvalue weighted by molar-refractivity contribution is 1.39. The minimum Gasteiger partial charge on any atom is -0.138 e. The first kappa shape index (κ1) is 14.6. The van der Waals surface area contributed by atoms with E-state index in [4.69, 9.17) is 0 Å². The number of rotatable bonds is 3. The van der Waals surface area contributed by atoms with Crippen LogP contribution in [0.1, 0.15) is 5.56 Å². The lowest BCUT2D eigenvalue weighted by atomic mass is 10.2. The fraction of sp³-hybridized carbons (Fsp3) is 0.0476. The lowest BCUT2D eigenvalue weighted by Gasteiger charge is -2.23. The first-order valence-electron chi connectivity index (χ1n) is 8.04. The Bertz CT molecular complexity index is 943. The van der Waals surface area contributed by atoms with Crippen LogP contribution in [0.5, 0.6) is 0 Å². The van der Waals surface area contributed by atoms with Gasteiger partial charge in [0.05, 0.1) is 15.9 Å². The Morgan fingerprint density at radius 2 is 1.17 bits per heavy atom. The summed E-state index contributed by atoms with van der Waals surface area (Å²) in [6.45, 7) is 0. The van der Waals surface area contributed by atoms with E-state index in [2.05, 4.69) is 83.6 Å². The summed E-state index contributed by atoms with van der Waals surface area (Å²) in [5.74, 6) is 0. The molecule has 2 aromatic carbocycles. The molecule has 24 heavy (non-hydrogen) atoms. The summed E-state index contributed by atoms with van der Waals surface area (Å²) >= 11 is 3.81. The summed E-state index contributed by atoms with van der Waals surface area (Å²) in [4.78, 5) is 3.02. The number of thiophene rings is 2. The maximum atomic E-state index is 2.39. The maximum absolute atomic E-state index is 2.39. The highest BCUT2D eigenvalue weighted by molar-refractivity contribution is 7.96. The van der Waals surface area contributed by atoms with E-state index in [9.17, 15) is 0 Å². The van der Waals surface area contributed by atoms with Crippen LogP contribution >= 0.6 is 29.9 Å². The van der Waals surface area contributed by atoms with Gasteiger partial charge < -0.3 is 0 Å². The van der Waals surface area contributed by atoms with Crippen LogP contribution < -0.4 is 15.9 Å². The third kappa shape index (κ3) is 2.01. The topological polar surface area (TPSA) is 0 Å². The van der Waals surface area contributed by atoms with Crippen LogP contribution in [0.4, 0.5) is 0 Å². The molecule has 0 nitrogen and oxygen atoms in total. The highest BCUT2D eigenvalue weighted by Gasteiger charge is 2.54. The molecular formula is C21H16PS2+. The van der Waals surface area contributed by atoms with Crippen molar-refractivity contribution < 1.29 is 0 Å². The Morgan fingerprint density at radius 3 is 1.75 bits per heavy atom. The van der Waals surface area contributed by atoms with E-state index in [1.165, 1.54) is 20.6 Å². The molecule has 0 aliphatic carbocycles. The second-order valence-electron chi connectivity index (χ2n) is 6.06. The van der Waals surface area contributed by atoms with Crippen LogP contribution in [0.3, 0.4) is 0 Å². The molecule has 0 atom stereocenters. The third-order valence-electron chi connectivity index (χ3n) is 4.78. The van der Waals surface area contributed by atoms with Crippen molar-refractivity contribution >= 4 is 45.8 Å². The highest BCUT2D eigenvalue weighted by Crippen LogP contribution is 2.66. The molecule has 0 fully saturated rings. The summed E-state index contributed by atoms with van der Waals surface area (Å²) in [5, 5.41) is 9.23. The molecule has 0 saturated heterocycles. The van der Waals surface area contributed by atoms with E-state index >= 15 is 0 Å². The molecule has 0 unspecified atom stereocenters. The zero-order chi connectivity index (χ0) is 16.0. The lowest BCUT2D eigenvalue weighted by Crippen LogP contribution is -2.28. The Kier molecular flexibility index (Phi) is 3.45. The Hall–Kier alpha value is -1.73. The zero-order valence-electron chi connectivity index (χ0n) is 13.1. The van der Waals surface area contributed by atoms with E-state index in [1.54, 1.807) is 10.6 Å². The quantitative estimate of drug-likeness (QED) is 0.434. The summed E-state index contributed by atoms with van der Waals surface area (Å²) in [5.41, 5.74) is 1.44. The van der Waals surface area contributed by atoms with E-state index in [0.717, 1.165) is 6.16 Å². The molecule has 5 rings (SSSR count). The Labute approximate surface area is 150 Å². The molecule has 0 radical (unpaired) electrons. The predicted octanol–water partition coefficient (Wildman–Crippen LogP) is 5.28. The average Bonchev–Trinajstić information content (AvgIpc) is 3.33. The molecule has 0 saturated carbocycles. The van der Waals surface area contributed by atoms with Crippen LogP contribution in [-0.2, 0) is 6.16 Å². The normalized spacial score (nSPS) is 14.3. The molecule has 4 aromatic rings. The van der Waals surface area contributed by atoms with Crippen molar-refractivity contribution in [2.24, 2.45) is 0 Å². The van der Waals surface area contributed by atoms with Gasteiger partial charge in [-0.25, -0.2) is 0 Å². The molecule has 3 heteroatoms. The van der Waals surface area contributed by atoms with Gasteiger partial charge in [0.15, 0.2) is 0 Å². The fourth-order valence-corrected chi connectivity index (χ4v) is 11.5. The van der Waals surface area contributed by atoms with Crippen molar-refractivity contribution in [2.45, 2.75) is 6.16 Å². The summed E-state index contributed by atoms with van der Waals surface area (Å²) in [6, 6.07) is 27.0. The van der Waals surface area contributed by atoms with Gasteiger partial charge in [0, 0.05) is 0 Å². The predicted molar refractivity (Wildman–Crippen MR) is 110 cm³/mol. The van der Waals surface area contributed by atoms with Gasteiger partial charge in [0.1, 0.15) is 23.2 Å². The van der Waals surface area contributed by atoms with Crippen molar-refractivity contribution in [3.8, 4) is 9.75 Å². The van der Waals surface area contributed by atoms with Crippen molar-refractivity contribution in [1.29, 1.82) is 0 Å². The molecule has 0 N–H and O–H groups in total. The molecule has 0 bridgehead atoms.